The summed E-state index contributed by atoms with van der Waals surface area (Å²) in [6, 6.07) is 0. The van der Waals surface area contributed by atoms with Crippen molar-refractivity contribution < 1.29 is 19.1 Å². The molecular weight excluding hydrogens is 715 g/mol. The molecule has 340 valence electrons. The molecule has 0 bridgehead atoms. The van der Waals surface area contributed by atoms with E-state index < -0.39 is 5.92 Å². The zero-order valence-corrected chi connectivity index (χ0v) is 39.6. The lowest BCUT2D eigenvalue weighted by Crippen LogP contribution is -2.30. The van der Waals surface area contributed by atoms with Crippen molar-refractivity contribution in [3.05, 3.63) is 11.3 Å². The third kappa shape index (κ3) is 33.1. The van der Waals surface area contributed by atoms with Crippen LogP contribution in [0.15, 0.2) is 16.3 Å². The van der Waals surface area contributed by atoms with Crippen LogP contribution in [0.25, 0.3) is 0 Å². The van der Waals surface area contributed by atoms with Gasteiger partial charge >= 0.3 is 11.9 Å². The first-order valence-corrected chi connectivity index (χ1v) is 26.1. The molecule has 1 aliphatic heterocycles. The van der Waals surface area contributed by atoms with E-state index in [0.29, 0.717) is 30.9 Å². The van der Waals surface area contributed by atoms with Crippen molar-refractivity contribution in [3.63, 3.8) is 0 Å². The Morgan fingerprint density at radius 1 is 0.414 bits per heavy atom. The van der Waals surface area contributed by atoms with E-state index in [2.05, 4.69) is 18.8 Å². The van der Waals surface area contributed by atoms with Crippen LogP contribution in [0.4, 0.5) is 0 Å². The van der Waals surface area contributed by atoms with E-state index in [1.54, 1.807) is 0 Å². The van der Waals surface area contributed by atoms with Crippen molar-refractivity contribution in [1.82, 2.24) is 0 Å². The second kappa shape index (κ2) is 42.1. The minimum absolute atomic E-state index is 0.258. The number of hydrogen-bond donors (Lipinski definition) is 0. The van der Waals surface area contributed by atoms with Crippen LogP contribution in [-0.2, 0) is 19.1 Å². The summed E-state index contributed by atoms with van der Waals surface area (Å²) >= 11 is 0. The highest BCUT2D eigenvalue weighted by molar-refractivity contribution is 6.04. The van der Waals surface area contributed by atoms with Crippen LogP contribution in [0.5, 0.6) is 0 Å². The molecule has 1 heterocycles. The smallest absolute Gasteiger partial charge is 0.335 e. The van der Waals surface area contributed by atoms with Gasteiger partial charge in [-0.2, -0.15) is 0 Å². The summed E-state index contributed by atoms with van der Waals surface area (Å²) in [6.45, 7) is 9.18. The van der Waals surface area contributed by atoms with Crippen molar-refractivity contribution in [3.8, 4) is 0 Å². The molecule has 0 aromatic heterocycles. The fourth-order valence-corrected chi connectivity index (χ4v) is 8.63. The lowest BCUT2D eigenvalue weighted by molar-refractivity contribution is -0.146. The van der Waals surface area contributed by atoms with Crippen LogP contribution < -0.4 is 0 Å². The highest BCUT2D eigenvalue weighted by Gasteiger charge is 2.32. The Bertz CT molecular complexity index is 1000. The SMILES string of the molecule is CCCCCCCCCCCCCCCCCCCCCCOC(=O)C1=C(C)N=C(C)C(C(=O)OCCCCCCCCCCCCCCCCCCCCCC)C1. The minimum Gasteiger partial charge on any atom is -0.465 e. The van der Waals surface area contributed by atoms with Crippen molar-refractivity contribution in [1.29, 1.82) is 0 Å². The summed E-state index contributed by atoms with van der Waals surface area (Å²) in [5.41, 5.74) is 1.93. The normalized spacial score (nSPS) is 14.3. The molecule has 1 atom stereocenters. The number of hydrogen-bond acceptors (Lipinski definition) is 5. The molecule has 0 aromatic rings. The van der Waals surface area contributed by atoms with Gasteiger partial charge in [-0.3, -0.25) is 9.79 Å². The van der Waals surface area contributed by atoms with Crippen molar-refractivity contribution in [2.24, 2.45) is 10.9 Å². The van der Waals surface area contributed by atoms with E-state index in [9.17, 15) is 9.59 Å². The summed E-state index contributed by atoms with van der Waals surface area (Å²) in [5, 5.41) is 0. The van der Waals surface area contributed by atoms with Gasteiger partial charge < -0.3 is 9.47 Å². The summed E-state index contributed by atoms with van der Waals surface area (Å²) in [5.74, 6) is -1.07. The van der Waals surface area contributed by atoms with Gasteiger partial charge in [-0.15, -0.1) is 0 Å². The van der Waals surface area contributed by atoms with E-state index in [4.69, 9.17) is 9.47 Å². The topological polar surface area (TPSA) is 65.0 Å². The quantitative estimate of drug-likeness (QED) is 0.0454. The average Bonchev–Trinajstić information content (AvgIpc) is 3.21. The first-order chi connectivity index (χ1) is 28.5. The summed E-state index contributed by atoms with van der Waals surface area (Å²) in [6.07, 6.45) is 54.4. The molecule has 58 heavy (non-hydrogen) atoms. The van der Waals surface area contributed by atoms with E-state index in [0.717, 1.165) is 31.4 Å². The summed E-state index contributed by atoms with van der Waals surface area (Å²) in [7, 11) is 0. The van der Waals surface area contributed by atoms with Gasteiger partial charge in [0, 0.05) is 11.4 Å². The maximum Gasteiger partial charge on any atom is 0.335 e. The molecule has 0 spiro atoms. The number of ether oxygens (including phenoxy) is 2. The largest absolute Gasteiger partial charge is 0.465 e. The van der Waals surface area contributed by atoms with Crippen LogP contribution in [0.1, 0.15) is 291 Å². The van der Waals surface area contributed by atoms with E-state index in [-0.39, 0.29) is 11.9 Å². The van der Waals surface area contributed by atoms with Gasteiger partial charge in [0.05, 0.1) is 24.7 Å². The second-order valence-electron chi connectivity index (χ2n) is 18.3. The molecule has 0 radical (unpaired) electrons. The number of rotatable bonds is 44. The highest BCUT2D eigenvalue weighted by Crippen LogP contribution is 2.27. The van der Waals surface area contributed by atoms with Gasteiger partial charge in [0.25, 0.3) is 0 Å². The Kier molecular flexibility index (Phi) is 39.4. The van der Waals surface area contributed by atoms with Gasteiger partial charge in [-0.05, 0) is 33.1 Å². The van der Waals surface area contributed by atoms with Gasteiger partial charge in [0.2, 0.25) is 0 Å². The lowest BCUT2D eigenvalue weighted by Gasteiger charge is -2.22. The number of aliphatic imine (C=N–C) groups is 1. The molecule has 1 aliphatic rings. The fourth-order valence-electron chi connectivity index (χ4n) is 8.63. The predicted molar refractivity (Wildman–Crippen MR) is 252 cm³/mol. The molecule has 0 saturated heterocycles. The first kappa shape index (κ1) is 54.4. The third-order valence-corrected chi connectivity index (χ3v) is 12.7. The number of nitrogens with zero attached hydrogens (tertiary/aromatic N) is 1. The maximum absolute atomic E-state index is 13.0. The first-order valence-electron chi connectivity index (χ1n) is 26.1. The molecule has 0 N–H and O–H groups in total. The second-order valence-corrected chi connectivity index (χ2v) is 18.3. The van der Waals surface area contributed by atoms with E-state index >= 15 is 0 Å². The van der Waals surface area contributed by atoms with Gasteiger partial charge in [0.1, 0.15) is 0 Å². The van der Waals surface area contributed by atoms with Crippen LogP contribution in [0, 0.1) is 5.92 Å². The van der Waals surface area contributed by atoms with E-state index in [1.807, 2.05) is 13.8 Å². The minimum atomic E-state index is -0.490. The molecule has 5 heteroatoms. The Balaban J connectivity index is 1.95. The van der Waals surface area contributed by atoms with Gasteiger partial charge in [0.15, 0.2) is 0 Å². The zero-order chi connectivity index (χ0) is 42.0. The molecule has 0 aromatic carbocycles. The Morgan fingerprint density at radius 2 is 0.672 bits per heavy atom. The lowest BCUT2D eigenvalue weighted by atomic mass is 9.91. The average molecular weight is 814 g/mol. The molecule has 0 saturated carbocycles. The summed E-state index contributed by atoms with van der Waals surface area (Å²) < 4.78 is 11.3. The standard InChI is InChI=1S/C53H99NO4/c1-5-7-9-11-13-15-17-19-21-23-25-27-29-31-33-35-37-39-41-43-45-57-52(55)50-47-51(49(4)54-48(50)3)53(56)58-46-44-42-40-38-36-34-32-30-28-26-24-22-20-18-16-14-12-10-8-6-2/h50H,5-47H2,1-4H3. The van der Waals surface area contributed by atoms with Gasteiger partial charge in [-0.25, -0.2) is 4.79 Å². The zero-order valence-electron chi connectivity index (χ0n) is 39.6. The molecular formula is C53H99NO4. The van der Waals surface area contributed by atoms with E-state index in [1.165, 1.54) is 231 Å². The Labute approximate surface area is 361 Å². The van der Waals surface area contributed by atoms with Crippen molar-refractivity contribution in [2.75, 3.05) is 13.2 Å². The molecule has 5 nitrogen and oxygen atoms in total. The third-order valence-electron chi connectivity index (χ3n) is 12.7. The molecule has 0 aliphatic carbocycles. The molecule has 1 unspecified atom stereocenters. The highest BCUT2D eigenvalue weighted by atomic mass is 16.5. The number of unbranched alkanes of at least 4 members (excludes halogenated alkanes) is 38. The number of allylic oxidation sites excluding steroid dienone is 1. The predicted octanol–water partition coefficient (Wildman–Crippen LogP) is 17.5. The summed E-state index contributed by atoms with van der Waals surface area (Å²) in [4.78, 5) is 30.5. The van der Waals surface area contributed by atoms with Crippen LogP contribution >= 0.6 is 0 Å². The van der Waals surface area contributed by atoms with Crippen LogP contribution in [0.3, 0.4) is 0 Å². The fraction of sp³-hybridized carbons (Fsp3) is 0.906. The van der Waals surface area contributed by atoms with Crippen LogP contribution in [0.2, 0.25) is 0 Å². The molecule has 0 amide bonds. The maximum atomic E-state index is 13.0. The molecule has 1 rings (SSSR count). The van der Waals surface area contributed by atoms with Gasteiger partial charge in [-0.1, -0.05) is 258 Å². The Morgan fingerprint density at radius 3 is 0.966 bits per heavy atom. The number of carbonyl (C=O) groups excluding carboxylic acids is 2. The van der Waals surface area contributed by atoms with Crippen molar-refractivity contribution in [2.45, 2.75) is 291 Å². The van der Waals surface area contributed by atoms with Crippen molar-refractivity contribution >= 4 is 17.7 Å². The number of carbonyl (C=O) groups is 2. The monoisotopic (exact) mass is 814 g/mol. The molecule has 0 fully saturated rings. The number of esters is 2. The van der Waals surface area contributed by atoms with Crippen LogP contribution in [-0.4, -0.2) is 30.9 Å². The Hall–Kier alpha value is -1.65.